The Morgan fingerprint density at radius 3 is 2.19 bits per heavy atom. The molecule has 1 heterocycles. The third-order valence-electron chi connectivity index (χ3n) is 3.93. The lowest BCUT2D eigenvalue weighted by Gasteiger charge is -2.37. The molecule has 1 N–H and O–H groups in total. The Labute approximate surface area is 100 Å². The third kappa shape index (κ3) is 3.19. The molecule has 1 atom stereocenters. The summed E-state index contributed by atoms with van der Waals surface area (Å²) in [5, 5.41) is 10.8. The minimum atomic E-state index is -0.559. The molecule has 0 radical (unpaired) electrons. The summed E-state index contributed by atoms with van der Waals surface area (Å²) in [5.74, 6) is 0.306. The van der Waals surface area contributed by atoms with Gasteiger partial charge in [-0.15, -0.1) is 0 Å². The van der Waals surface area contributed by atoms with Crippen LogP contribution in [-0.4, -0.2) is 59.3 Å². The first-order chi connectivity index (χ1) is 7.39. The highest BCUT2D eigenvalue weighted by Gasteiger charge is 2.37. The molecule has 1 fully saturated rings. The molecule has 0 aromatic heterocycles. The fraction of sp³-hybridized carbons (Fsp3) is 1.00. The van der Waals surface area contributed by atoms with Crippen LogP contribution in [0.15, 0.2) is 0 Å². The molecular weight excluding hydrogens is 200 g/mol. The van der Waals surface area contributed by atoms with Crippen molar-refractivity contribution in [2.24, 2.45) is 5.92 Å². The predicted molar refractivity (Wildman–Crippen MR) is 68.6 cm³/mol. The number of rotatable bonds is 3. The van der Waals surface area contributed by atoms with Crippen LogP contribution in [0, 0.1) is 5.92 Å². The molecule has 1 aliphatic rings. The number of hydrogen-bond acceptors (Lipinski definition) is 3. The Balaban J connectivity index is 2.80. The number of hydrogen-bond donors (Lipinski definition) is 1. The van der Waals surface area contributed by atoms with E-state index < -0.39 is 5.60 Å². The SMILES string of the molecule is CCN1CCN(C(C)C)CC(O)(C(C)C)C1. The van der Waals surface area contributed by atoms with Gasteiger partial charge in [-0.3, -0.25) is 9.80 Å². The van der Waals surface area contributed by atoms with Gasteiger partial charge in [-0.1, -0.05) is 20.8 Å². The van der Waals surface area contributed by atoms with Gasteiger partial charge in [-0.05, 0) is 26.3 Å². The maximum Gasteiger partial charge on any atom is 0.0922 e. The van der Waals surface area contributed by atoms with Crippen LogP contribution in [0.5, 0.6) is 0 Å². The number of β-amino-alcohol motifs (C(OH)–C–C–N with tert-alkyl or cyclic N) is 1. The van der Waals surface area contributed by atoms with E-state index in [0.717, 1.165) is 32.7 Å². The molecule has 0 bridgehead atoms. The van der Waals surface area contributed by atoms with Crippen LogP contribution in [0.3, 0.4) is 0 Å². The number of aliphatic hydroxyl groups is 1. The van der Waals surface area contributed by atoms with E-state index in [4.69, 9.17) is 0 Å². The fourth-order valence-electron chi connectivity index (χ4n) is 2.29. The van der Waals surface area contributed by atoms with Gasteiger partial charge in [0, 0.05) is 32.2 Å². The summed E-state index contributed by atoms with van der Waals surface area (Å²) in [6, 6.07) is 0.516. The normalized spacial score (nSPS) is 30.0. The second-order valence-electron chi connectivity index (χ2n) is 5.69. The van der Waals surface area contributed by atoms with Gasteiger partial charge in [-0.2, -0.15) is 0 Å². The Morgan fingerprint density at radius 1 is 1.12 bits per heavy atom. The van der Waals surface area contributed by atoms with Crippen molar-refractivity contribution in [2.45, 2.75) is 46.3 Å². The summed E-state index contributed by atoms with van der Waals surface area (Å²) in [5.41, 5.74) is -0.559. The average molecular weight is 228 g/mol. The second-order valence-corrected chi connectivity index (χ2v) is 5.69. The monoisotopic (exact) mass is 228 g/mol. The first-order valence-electron chi connectivity index (χ1n) is 6.58. The van der Waals surface area contributed by atoms with E-state index in [0.29, 0.717) is 12.0 Å². The van der Waals surface area contributed by atoms with Gasteiger partial charge < -0.3 is 5.11 Å². The molecule has 3 heteroatoms. The maximum atomic E-state index is 10.8. The molecule has 0 saturated carbocycles. The molecule has 1 rings (SSSR count). The van der Waals surface area contributed by atoms with Crippen molar-refractivity contribution in [1.82, 2.24) is 9.80 Å². The standard InChI is InChI=1S/C13H28N2O/c1-6-14-7-8-15(12(4)5)10-13(16,9-14)11(2)3/h11-12,16H,6-10H2,1-5H3. The largest absolute Gasteiger partial charge is 0.387 e. The smallest absolute Gasteiger partial charge is 0.0922 e. The van der Waals surface area contributed by atoms with E-state index in [2.05, 4.69) is 44.4 Å². The van der Waals surface area contributed by atoms with Crippen LogP contribution in [0.25, 0.3) is 0 Å². The summed E-state index contributed by atoms with van der Waals surface area (Å²) in [6.07, 6.45) is 0. The van der Waals surface area contributed by atoms with Crippen LogP contribution in [0.4, 0.5) is 0 Å². The first kappa shape index (κ1) is 13.9. The lowest BCUT2D eigenvalue weighted by molar-refractivity contribution is -0.0437. The zero-order chi connectivity index (χ0) is 12.3. The molecule has 0 spiro atoms. The Bertz CT molecular complexity index is 218. The zero-order valence-corrected chi connectivity index (χ0v) is 11.5. The van der Waals surface area contributed by atoms with Crippen molar-refractivity contribution in [2.75, 3.05) is 32.7 Å². The highest BCUT2D eigenvalue weighted by Crippen LogP contribution is 2.23. The average Bonchev–Trinajstić information content (AvgIpc) is 2.38. The molecule has 3 nitrogen and oxygen atoms in total. The van der Waals surface area contributed by atoms with Gasteiger partial charge >= 0.3 is 0 Å². The number of nitrogens with zero attached hydrogens (tertiary/aromatic N) is 2. The van der Waals surface area contributed by atoms with Crippen molar-refractivity contribution in [3.63, 3.8) is 0 Å². The highest BCUT2D eigenvalue weighted by molar-refractivity contribution is 4.92. The molecule has 0 aromatic rings. The maximum absolute atomic E-state index is 10.8. The zero-order valence-electron chi connectivity index (χ0n) is 11.5. The Hall–Kier alpha value is -0.120. The van der Waals surface area contributed by atoms with Gasteiger partial charge in [0.05, 0.1) is 5.60 Å². The molecule has 1 aliphatic heterocycles. The van der Waals surface area contributed by atoms with E-state index in [1.54, 1.807) is 0 Å². The first-order valence-corrected chi connectivity index (χ1v) is 6.58. The van der Waals surface area contributed by atoms with Gasteiger partial charge in [0.25, 0.3) is 0 Å². The van der Waals surface area contributed by atoms with E-state index in [-0.39, 0.29) is 0 Å². The predicted octanol–water partition coefficient (Wildman–Crippen LogP) is 1.42. The molecule has 1 saturated heterocycles. The fourth-order valence-corrected chi connectivity index (χ4v) is 2.29. The quantitative estimate of drug-likeness (QED) is 0.791. The summed E-state index contributed by atoms with van der Waals surface area (Å²) in [4.78, 5) is 4.76. The molecule has 96 valence electrons. The van der Waals surface area contributed by atoms with Crippen LogP contribution in [0.2, 0.25) is 0 Å². The van der Waals surface area contributed by atoms with Crippen molar-refractivity contribution in [3.8, 4) is 0 Å². The van der Waals surface area contributed by atoms with Crippen molar-refractivity contribution in [3.05, 3.63) is 0 Å². The molecule has 0 aliphatic carbocycles. The van der Waals surface area contributed by atoms with E-state index in [1.165, 1.54) is 0 Å². The molecule has 0 aromatic carbocycles. The lowest BCUT2D eigenvalue weighted by atomic mass is 9.89. The van der Waals surface area contributed by atoms with Gasteiger partial charge in [-0.25, -0.2) is 0 Å². The molecule has 0 amide bonds. The summed E-state index contributed by atoms with van der Waals surface area (Å²) < 4.78 is 0. The third-order valence-corrected chi connectivity index (χ3v) is 3.93. The Kier molecular flexibility index (Phi) is 4.77. The minimum absolute atomic E-state index is 0.306. The van der Waals surface area contributed by atoms with Crippen molar-refractivity contribution >= 4 is 0 Å². The van der Waals surface area contributed by atoms with Gasteiger partial charge in [0.2, 0.25) is 0 Å². The molecular formula is C13H28N2O. The van der Waals surface area contributed by atoms with Crippen LogP contribution in [-0.2, 0) is 0 Å². The van der Waals surface area contributed by atoms with E-state index >= 15 is 0 Å². The second kappa shape index (κ2) is 5.48. The van der Waals surface area contributed by atoms with E-state index in [9.17, 15) is 5.11 Å². The highest BCUT2D eigenvalue weighted by atomic mass is 16.3. The molecule has 1 unspecified atom stereocenters. The topological polar surface area (TPSA) is 26.7 Å². The van der Waals surface area contributed by atoms with Crippen molar-refractivity contribution < 1.29 is 5.11 Å². The van der Waals surface area contributed by atoms with Gasteiger partial charge in [0.1, 0.15) is 0 Å². The van der Waals surface area contributed by atoms with Crippen molar-refractivity contribution in [1.29, 1.82) is 0 Å². The summed E-state index contributed by atoms with van der Waals surface area (Å²) >= 11 is 0. The van der Waals surface area contributed by atoms with Crippen LogP contribution in [0.1, 0.15) is 34.6 Å². The van der Waals surface area contributed by atoms with Crippen LogP contribution >= 0.6 is 0 Å². The molecule has 16 heavy (non-hydrogen) atoms. The minimum Gasteiger partial charge on any atom is -0.387 e. The van der Waals surface area contributed by atoms with Crippen LogP contribution < -0.4 is 0 Å². The Morgan fingerprint density at radius 2 is 1.75 bits per heavy atom. The summed E-state index contributed by atoms with van der Waals surface area (Å²) in [7, 11) is 0. The summed E-state index contributed by atoms with van der Waals surface area (Å²) in [6.45, 7) is 15.6. The van der Waals surface area contributed by atoms with Gasteiger partial charge in [0.15, 0.2) is 0 Å². The lowest BCUT2D eigenvalue weighted by Crippen LogP contribution is -2.51. The van der Waals surface area contributed by atoms with E-state index in [1.807, 2.05) is 0 Å². The number of likely N-dealkylation sites (N-methyl/N-ethyl adjacent to an activating group) is 1.